The van der Waals surface area contributed by atoms with Gasteiger partial charge in [-0.2, -0.15) is 0 Å². The molecule has 0 atom stereocenters. The second-order valence-corrected chi connectivity index (χ2v) is 2.29. The first-order chi connectivity index (χ1) is 6.29. The molecule has 68 valence electrons. The van der Waals surface area contributed by atoms with Crippen LogP contribution in [-0.4, -0.2) is 23.0 Å². The van der Waals surface area contributed by atoms with Gasteiger partial charge < -0.3 is 10.4 Å². The largest absolute Gasteiger partial charge is 0.506 e. The van der Waals surface area contributed by atoms with Crippen molar-refractivity contribution in [2.75, 3.05) is 7.05 Å². The molecular formula is C9H11N3O. The number of amidine groups is 1. The molecule has 0 aliphatic rings. The Labute approximate surface area is 76.7 Å². The van der Waals surface area contributed by atoms with Gasteiger partial charge in [-0.1, -0.05) is 6.58 Å². The Hall–Kier alpha value is -1.84. The van der Waals surface area contributed by atoms with E-state index in [-0.39, 0.29) is 5.75 Å². The van der Waals surface area contributed by atoms with Crippen molar-refractivity contribution in [2.45, 2.75) is 0 Å². The first-order valence-electron chi connectivity index (χ1n) is 3.78. The van der Waals surface area contributed by atoms with Gasteiger partial charge in [-0.3, -0.25) is 4.99 Å². The molecule has 1 aromatic heterocycles. The number of pyridine rings is 1. The Morgan fingerprint density at radius 3 is 3.08 bits per heavy atom. The Kier molecular flexibility index (Phi) is 3.03. The minimum atomic E-state index is 0.0949. The van der Waals surface area contributed by atoms with E-state index in [0.717, 1.165) is 0 Å². The zero-order valence-corrected chi connectivity index (χ0v) is 7.36. The van der Waals surface area contributed by atoms with Gasteiger partial charge in [0.2, 0.25) is 0 Å². The normalized spacial score (nSPS) is 11.0. The molecule has 1 rings (SSSR count). The lowest BCUT2D eigenvalue weighted by Crippen LogP contribution is -2.19. The van der Waals surface area contributed by atoms with Gasteiger partial charge in [-0.05, 0) is 18.3 Å². The van der Waals surface area contributed by atoms with Gasteiger partial charge >= 0.3 is 0 Å². The fourth-order valence-electron chi connectivity index (χ4n) is 0.915. The van der Waals surface area contributed by atoms with Crippen LogP contribution in [0.5, 0.6) is 5.75 Å². The van der Waals surface area contributed by atoms with Crippen LogP contribution in [0.1, 0.15) is 5.69 Å². The Morgan fingerprint density at radius 1 is 1.77 bits per heavy atom. The topological polar surface area (TPSA) is 57.5 Å². The summed E-state index contributed by atoms with van der Waals surface area (Å²) in [5, 5.41) is 12.2. The molecule has 0 saturated carbocycles. The van der Waals surface area contributed by atoms with Gasteiger partial charge in [-0.15, -0.1) is 0 Å². The number of rotatable bonds is 2. The molecule has 0 radical (unpaired) electrons. The number of nitrogens with zero attached hydrogens (tertiary/aromatic N) is 2. The summed E-state index contributed by atoms with van der Waals surface area (Å²) >= 11 is 0. The molecule has 0 aliphatic carbocycles. The van der Waals surface area contributed by atoms with Crippen molar-refractivity contribution >= 4 is 5.84 Å². The lowest BCUT2D eigenvalue weighted by molar-refractivity contribution is 0.471. The minimum Gasteiger partial charge on any atom is -0.506 e. The predicted molar refractivity (Wildman–Crippen MR) is 51.7 cm³/mol. The third-order valence-corrected chi connectivity index (χ3v) is 1.47. The van der Waals surface area contributed by atoms with Gasteiger partial charge in [0, 0.05) is 13.2 Å². The molecule has 0 bridgehead atoms. The standard InChI is InChI=1S/C9H11N3O/c1-3-11-9(10-2)8-7(13)5-4-6-12-8/h3-6,13H,1H2,2H3,(H,10,11). The number of hydrogen-bond acceptors (Lipinski definition) is 3. The van der Waals surface area contributed by atoms with Gasteiger partial charge in [0.15, 0.2) is 5.84 Å². The van der Waals surface area contributed by atoms with Crippen LogP contribution in [0.25, 0.3) is 0 Å². The number of hydrogen-bond donors (Lipinski definition) is 2. The second kappa shape index (κ2) is 4.25. The maximum absolute atomic E-state index is 9.42. The summed E-state index contributed by atoms with van der Waals surface area (Å²) < 4.78 is 0. The summed E-state index contributed by atoms with van der Waals surface area (Å²) in [7, 11) is 1.61. The molecule has 0 aliphatic heterocycles. The van der Waals surface area contributed by atoms with Gasteiger partial charge in [0.25, 0.3) is 0 Å². The van der Waals surface area contributed by atoms with Crippen LogP contribution in [0.4, 0.5) is 0 Å². The van der Waals surface area contributed by atoms with E-state index < -0.39 is 0 Å². The highest BCUT2D eigenvalue weighted by molar-refractivity contribution is 5.99. The minimum absolute atomic E-state index is 0.0949. The maximum atomic E-state index is 9.42. The quantitative estimate of drug-likeness (QED) is 0.521. The Morgan fingerprint density at radius 2 is 2.54 bits per heavy atom. The number of aromatic nitrogens is 1. The number of nitrogens with one attached hydrogen (secondary N) is 1. The molecule has 4 nitrogen and oxygen atoms in total. The molecule has 0 unspecified atom stereocenters. The molecule has 0 aromatic carbocycles. The van der Waals surface area contributed by atoms with E-state index in [1.807, 2.05) is 0 Å². The van der Waals surface area contributed by atoms with Crippen molar-refractivity contribution < 1.29 is 5.11 Å². The third kappa shape index (κ3) is 2.05. The van der Waals surface area contributed by atoms with Crippen molar-refractivity contribution in [2.24, 2.45) is 4.99 Å². The summed E-state index contributed by atoms with van der Waals surface area (Å²) in [6.07, 6.45) is 3.07. The molecule has 4 heteroatoms. The first-order valence-corrected chi connectivity index (χ1v) is 3.78. The molecule has 1 aromatic rings. The van der Waals surface area contributed by atoms with Gasteiger partial charge in [0.1, 0.15) is 11.4 Å². The van der Waals surface area contributed by atoms with E-state index in [0.29, 0.717) is 11.5 Å². The number of aromatic hydroxyl groups is 1. The molecular weight excluding hydrogens is 166 g/mol. The van der Waals surface area contributed by atoms with Crippen LogP contribution >= 0.6 is 0 Å². The van der Waals surface area contributed by atoms with Crippen molar-refractivity contribution in [3.05, 3.63) is 36.8 Å². The summed E-state index contributed by atoms with van der Waals surface area (Å²) in [4.78, 5) is 7.90. The number of aliphatic imine (C=N–C) groups is 1. The van der Waals surface area contributed by atoms with E-state index in [9.17, 15) is 5.11 Å². The summed E-state index contributed by atoms with van der Waals surface area (Å²) in [6.45, 7) is 3.50. The maximum Gasteiger partial charge on any atom is 0.154 e. The first kappa shape index (κ1) is 9.25. The fourth-order valence-corrected chi connectivity index (χ4v) is 0.915. The van der Waals surface area contributed by atoms with Crippen LogP contribution < -0.4 is 5.32 Å². The van der Waals surface area contributed by atoms with E-state index in [1.165, 1.54) is 6.20 Å². The lowest BCUT2D eigenvalue weighted by atomic mass is 10.3. The van der Waals surface area contributed by atoms with Gasteiger partial charge in [0.05, 0.1) is 0 Å². The third-order valence-electron chi connectivity index (χ3n) is 1.47. The Bertz CT molecular complexity index is 333. The SMILES string of the molecule is C=CNC(=NC)c1ncccc1O. The molecule has 1 heterocycles. The molecule has 0 amide bonds. The monoisotopic (exact) mass is 177 g/mol. The second-order valence-electron chi connectivity index (χ2n) is 2.29. The predicted octanol–water partition coefficient (Wildman–Crippen LogP) is 0.897. The van der Waals surface area contributed by atoms with Crippen molar-refractivity contribution in [1.29, 1.82) is 0 Å². The van der Waals surface area contributed by atoms with E-state index in [1.54, 1.807) is 25.4 Å². The van der Waals surface area contributed by atoms with Crippen LogP contribution in [0, 0.1) is 0 Å². The van der Waals surface area contributed by atoms with Crippen LogP contribution in [0.3, 0.4) is 0 Å². The molecule has 2 N–H and O–H groups in total. The van der Waals surface area contributed by atoms with E-state index >= 15 is 0 Å². The van der Waals surface area contributed by atoms with E-state index in [2.05, 4.69) is 21.9 Å². The lowest BCUT2D eigenvalue weighted by Gasteiger charge is -2.05. The highest BCUT2D eigenvalue weighted by Gasteiger charge is 2.06. The van der Waals surface area contributed by atoms with Crippen molar-refractivity contribution in [1.82, 2.24) is 10.3 Å². The highest BCUT2D eigenvalue weighted by Crippen LogP contribution is 2.12. The average molecular weight is 177 g/mol. The molecule has 0 spiro atoms. The average Bonchev–Trinajstić information content (AvgIpc) is 2.16. The van der Waals surface area contributed by atoms with Crippen molar-refractivity contribution in [3.63, 3.8) is 0 Å². The molecule has 0 fully saturated rings. The Balaban J connectivity index is 3.05. The summed E-state index contributed by atoms with van der Waals surface area (Å²) in [6, 6.07) is 3.21. The molecule has 0 saturated heterocycles. The highest BCUT2D eigenvalue weighted by atomic mass is 16.3. The van der Waals surface area contributed by atoms with E-state index in [4.69, 9.17) is 0 Å². The smallest absolute Gasteiger partial charge is 0.154 e. The molecule has 13 heavy (non-hydrogen) atoms. The fraction of sp³-hybridized carbons (Fsp3) is 0.111. The zero-order chi connectivity index (χ0) is 9.68. The van der Waals surface area contributed by atoms with Crippen molar-refractivity contribution in [3.8, 4) is 5.75 Å². The van der Waals surface area contributed by atoms with Crippen LogP contribution in [0.2, 0.25) is 0 Å². The van der Waals surface area contributed by atoms with Gasteiger partial charge in [-0.25, -0.2) is 4.98 Å². The summed E-state index contributed by atoms with van der Waals surface area (Å²) in [5.41, 5.74) is 0.421. The zero-order valence-electron chi connectivity index (χ0n) is 7.36. The van der Waals surface area contributed by atoms with Crippen LogP contribution in [-0.2, 0) is 0 Å². The summed E-state index contributed by atoms with van der Waals surface area (Å²) in [5.74, 6) is 0.588. The van der Waals surface area contributed by atoms with Crippen LogP contribution in [0.15, 0.2) is 36.1 Å².